The minimum absolute atomic E-state index is 0.0495. The number of aromatic nitrogens is 3. The maximum atomic E-state index is 12.5. The molecule has 0 atom stereocenters. The molecule has 0 spiro atoms. The lowest BCUT2D eigenvalue weighted by atomic mass is 10.1. The van der Waals surface area contributed by atoms with Crippen molar-refractivity contribution in [2.75, 3.05) is 11.1 Å². The molecule has 0 saturated heterocycles. The number of Topliss-reactive ketones (excluding diaryl/α,β-unsaturated/α-hetero) is 1. The summed E-state index contributed by atoms with van der Waals surface area (Å²) >= 11 is 1.31. The Kier molecular flexibility index (Phi) is 6.51. The number of aryl methyl sites for hydroxylation is 1. The van der Waals surface area contributed by atoms with Crippen molar-refractivity contribution < 1.29 is 14.0 Å². The Hall–Kier alpha value is -3.65. The lowest BCUT2D eigenvalue weighted by molar-refractivity contribution is -0.113. The molecule has 0 aliphatic carbocycles. The van der Waals surface area contributed by atoms with Gasteiger partial charge in [0.05, 0.1) is 24.1 Å². The van der Waals surface area contributed by atoms with Gasteiger partial charge in [-0.3, -0.25) is 14.2 Å². The minimum Gasteiger partial charge on any atom is -0.469 e. The Balaban J connectivity index is 1.52. The maximum absolute atomic E-state index is 12.5. The Morgan fingerprint density at radius 2 is 1.88 bits per heavy atom. The third-order valence-electron chi connectivity index (χ3n) is 4.89. The first-order valence-corrected chi connectivity index (χ1v) is 11.0. The molecule has 4 rings (SSSR count). The van der Waals surface area contributed by atoms with Crippen LogP contribution < -0.4 is 5.32 Å². The van der Waals surface area contributed by atoms with Crippen molar-refractivity contribution in [3.63, 3.8) is 0 Å². The van der Waals surface area contributed by atoms with E-state index < -0.39 is 0 Å². The summed E-state index contributed by atoms with van der Waals surface area (Å²) in [5.74, 6) is 1.36. The van der Waals surface area contributed by atoms with Crippen molar-refractivity contribution in [2.45, 2.75) is 25.5 Å². The highest BCUT2D eigenvalue weighted by molar-refractivity contribution is 7.99. The van der Waals surface area contributed by atoms with Crippen LogP contribution >= 0.6 is 11.8 Å². The number of carbonyl (C=O) groups excluding carboxylic acids is 2. The number of ketones is 1. The van der Waals surface area contributed by atoms with Crippen LogP contribution in [0.1, 0.15) is 28.6 Å². The first-order chi connectivity index (χ1) is 15.5. The average molecular weight is 447 g/mol. The Bertz CT molecular complexity index is 1250. The maximum Gasteiger partial charge on any atom is 0.234 e. The number of benzene rings is 2. The van der Waals surface area contributed by atoms with E-state index in [0.717, 1.165) is 16.9 Å². The van der Waals surface area contributed by atoms with Gasteiger partial charge in [0, 0.05) is 11.3 Å². The van der Waals surface area contributed by atoms with Crippen LogP contribution in [0.25, 0.3) is 11.4 Å². The van der Waals surface area contributed by atoms with Crippen LogP contribution in [0.15, 0.2) is 76.5 Å². The third kappa shape index (κ3) is 4.97. The molecule has 32 heavy (non-hydrogen) atoms. The van der Waals surface area contributed by atoms with Gasteiger partial charge < -0.3 is 9.73 Å². The van der Waals surface area contributed by atoms with E-state index in [2.05, 4.69) is 15.5 Å². The third-order valence-corrected chi connectivity index (χ3v) is 5.85. The topological polar surface area (TPSA) is 90.0 Å². The van der Waals surface area contributed by atoms with E-state index in [9.17, 15) is 9.59 Å². The zero-order chi connectivity index (χ0) is 22.5. The van der Waals surface area contributed by atoms with E-state index in [1.54, 1.807) is 30.5 Å². The SMILES string of the molecule is CC(=O)c1cccc(NC(=O)CSc2nnc(-c3ccoc3C)n2Cc2ccccc2)c1. The Morgan fingerprint density at radius 3 is 2.59 bits per heavy atom. The van der Waals surface area contributed by atoms with Gasteiger partial charge in [-0.05, 0) is 37.6 Å². The summed E-state index contributed by atoms with van der Waals surface area (Å²) in [6, 6.07) is 18.8. The molecule has 0 saturated carbocycles. The molecule has 4 aromatic rings. The summed E-state index contributed by atoms with van der Waals surface area (Å²) < 4.78 is 7.44. The molecule has 2 heterocycles. The Labute approximate surface area is 189 Å². The van der Waals surface area contributed by atoms with E-state index in [1.165, 1.54) is 18.7 Å². The number of nitrogens with one attached hydrogen (secondary N) is 1. The first-order valence-electron chi connectivity index (χ1n) is 10.1. The fourth-order valence-electron chi connectivity index (χ4n) is 3.26. The van der Waals surface area contributed by atoms with Gasteiger partial charge in [0.2, 0.25) is 5.91 Å². The van der Waals surface area contributed by atoms with Crippen molar-refractivity contribution in [1.82, 2.24) is 14.8 Å². The second kappa shape index (κ2) is 9.65. The molecule has 0 aliphatic heterocycles. The number of furan rings is 1. The predicted molar refractivity (Wildman–Crippen MR) is 124 cm³/mol. The van der Waals surface area contributed by atoms with Crippen molar-refractivity contribution in [2.24, 2.45) is 0 Å². The predicted octanol–water partition coefficient (Wildman–Crippen LogP) is 4.83. The summed E-state index contributed by atoms with van der Waals surface area (Å²) in [5, 5.41) is 12.2. The molecule has 0 radical (unpaired) electrons. The van der Waals surface area contributed by atoms with Crippen LogP contribution in [0.5, 0.6) is 0 Å². The summed E-state index contributed by atoms with van der Waals surface area (Å²) in [5.41, 5.74) is 3.11. The quantitative estimate of drug-likeness (QED) is 0.308. The van der Waals surface area contributed by atoms with Crippen molar-refractivity contribution in [3.05, 3.63) is 83.8 Å². The molecule has 8 heteroatoms. The number of carbonyl (C=O) groups is 2. The van der Waals surface area contributed by atoms with Gasteiger partial charge in [-0.2, -0.15) is 0 Å². The van der Waals surface area contributed by atoms with Crippen LogP contribution in [0.4, 0.5) is 5.69 Å². The highest BCUT2D eigenvalue weighted by Crippen LogP contribution is 2.28. The van der Waals surface area contributed by atoms with Crippen molar-refractivity contribution >= 4 is 29.1 Å². The molecule has 0 bridgehead atoms. The van der Waals surface area contributed by atoms with E-state index in [4.69, 9.17) is 4.42 Å². The first kappa shape index (κ1) is 21.6. The van der Waals surface area contributed by atoms with Crippen LogP contribution in [0.3, 0.4) is 0 Å². The van der Waals surface area contributed by atoms with Gasteiger partial charge >= 0.3 is 0 Å². The Morgan fingerprint density at radius 1 is 1.06 bits per heavy atom. The van der Waals surface area contributed by atoms with Crippen LogP contribution in [-0.4, -0.2) is 32.2 Å². The molecule has 0 aliphatic rings. The van der Waals surface area contributed by atoms with Crippen LogP contribution in [-0.2, 0) is 11.3 Å². The molecular formula is C24H22N4O3S. The smallest absolute Gasteiger partial charge is 0.234 e. The molecule has 1 amide bonds. The lowest BCUT2D eigenvalue weighted by Gasteiger charge is -2.10. The number of anilines is 1. The fraction of sp³-hybridized carbons (Fsp3) is 0.167. The highest BCUT2D eigenvalue weighted by Gasteiger charge is 2.19. The number of thioether (sulfide) groups is 1. The van der Waals surface area contributed by atoms with Gasteiger partial charge in [0.15, 0.2) is 16.8 Å². The minimum atomic E-state index is -0.189. The molecule has 2 aromatic carbocycles. The molecule has 2 aromatic heterocycles. The van der Waals surface area contributed by atoms with Crippen molar-refractivity contribution in [3.8, 4) is 11.4 Å². The number of hydrogen-bond donors (Lipinski definition) is 1. The number of hydrogen-bond acceptors (Lipinski definition) is 6. The van der Waals surface area contributed by atoms with E-state index in [0.29, 0.717) is 28.8 Å². The molecule has 7 nitrogen and oxygen atoms in total. The molecule has 0 unspecified atom stereocenters. The van der Waals surface area contributed by atoms with Gasteiger partial charge in [-0.1, -0.05) is 54.2 Å². The normalized spacial score (nSPS) is 10.8. The average Bonchev–Trinajstić information content (AvgIpc) is 3.38. The monoisotopic (exact) mass is 446 g/mol. The summed E-state index contributed by atoms with van der Waals surface area (Å²) in [6.45, 7) is 3.94. The number of nitrogens with zero attached hydrogens (tertiary/aromatic N) is 3. The van der Waals surface area contributed by atoms with E-state index >= 15 is 0 Å². The lowest BCUT2D eigenvalue weighted by Crippen LogP contribution is -2.15. The molecular weight excluding hydrogens is 424 g/mol. The highest BCUT2D eigenvalue weighted by atomic mass is 32.2. The standard InChI is InChI=1S/C24H22N4O3S/c1-16(29)19-9-6-10-20(13-19)25-22(30)15-32-24-27-26-23(21-11-12-31-17(21)2)28(24)14-18-7-4-3-5-8-18/h3-13H,14-15H2,1-2H3,(H,25,30). The van der Waals surface area contributed by atoms with Gasteiger partial charge in [0.1, 0.15) is 5.76 Å². The molecule has 162 valence electrons. The van der Waals surface area contributed by atoms with E-state index in [-0.39, 0.29) is 17.4 Å². The summed E-state index contributed by atoms with van der Waals surface area (Å²) in [4.78, 5) is 24.1. The van der Waals surface area contributed by atoms with Crippen LogP contribution in [0, 0.1) is 6.92 Å². The number of amides is 1. The largest absolute Gasteiger partial charge is 0.469 e. The van der Waals surface area contributed by atoms with Crippen molar-refractivity contribution in [1.29, 1.82) is 0 Å². The fourth-order valence-corrected chi connectivity index (χ4v) is 4.00. The van der Waals surface area contributed by atoms with Gasteiger partial charge in [0.25, 0.3) is 0 Å². The zero-order valence-corrected chi connectivity index (χ0v) is 18.6. The zero-order valence-electron chi connectivity index (χ0n) is 17.7. The second-order valence-electron chi connectivity index (χ2n) is 7.24. The second-order valence-corrected chi connectivity index (χ2v) is 8.18. The summed E-state index contributed by atoms with van der Waals surface area (Å²) in [6.07, 6.45) is 1.63. The van der Waals surface area contributed by atoms with E-state index in [1.807, 2.05) is 47.9 Å². The van der Waals surface area contributed by atoms with Crippen LogP contribution in [0.2, 0.25) is 0 Å². The summed E-state index contributed by atoms with van der Waals surface area (Å²) in [7, 11) is 0. The molecule has 1 N–H and O–H groups in total. The number of rotatable bonds is 8. The van der Waals surface area contributed by atoms with Gasteiger partial charge in [-0.25, -0.2) is 0 Å². The molecule has 0 fully saturated rings. The van der Waals surface area contributed by atoms with Gasteiger partial charge in [-0.15, -0.1) is 10.2 Å².